The SMILES string of the molecule is COc1cc(/C=N\NC(=O)COc2ccccc2Cl)cc(Cl)c1OC. The van der Waals surface area contributed by atoms with Crippen molar-refractivity contribution in [1.29, 1.82) is 0 Å². The van der Waals surface area contributed by atoms with Gasteiger partial charge in [0, 0.05) is 0 Å². The molecule has 0 spiro atoms. The zero-order valence-corrected chi connectivity index (χ0v) is 15.1. The number of halogens is 2. The summed E-state index contributed by atoms with van der Waals surface area (Å²) in [6.45, 7) is -0.215. The molecule has 0 unspecified atom stereocenters. The molecule has 2 rings (SSSR count). The predicted molar refractivity (Wildman–Crippen MR) is 97.2 cm³/mol. The van der Waals surface area contributed by atoms with Crippen LogP contribution in [-0.2, 0) is 4.79 Å². The molecule has 0 saturated carbocycles. The third-order valence-electron chi connectivity index (χ3n) is 3.05. The van der Waals surface area contributed by atoms with Gasteiger partial charge in [0.2, 0.25) is 0 Å². The summed E-state index contributed by atoms with van der Waals surface area (Å²) in [5.41, 5.74) is 2.99. The van der Waals surface area contributed by atoms with E-state index in [0.717, 1.165) is 0 Å². The van der Waals surface area contributed by atoms with E-state index in [1.54, 1.807) is 36.4 Å². The number of carbonyl (C=O) groups is 1. The average molecular weight is 383 g/mol. The Morgan fingerprint density at radius 1 is 1.12 bits per heavy atom. The summed E-state index contributed by atoms with van der Waals surface area (Å²) in [5, 5.41) is 4.66. The Morgan fingerprint density at radius 3 is 2.56 bits per heavy atom. The van der Waals surface area contributed by atoms with Gasteiger partial charge in [-0.15, -0.1) is 0 Å². The minimum Gasteiger partial charge on any atom is -0.493 e. The fraction of sp³-hybridized carbons (Fsp3) is 0.176. The molecule has 0 atom stereocenters. The van der Waals surface area contributed by atoms with Gasteiger partial charge in [0.25, 0.3) is 5.91 Å². The van der Waals surface area contributed by atoms with Gasteiger partial charge in [-0.3, -0.25) is 4.79 Å². The van der Waals surface area contributed by atoms with Crippen LogP contribution < -0.4 is 19.6 Å². The molecule has 0 aliphatic rings. The van der Waals surface area contributed by atoms with E-state index in [2.05, 4.69) is 10.5 Å². The molecule has 8 heteroatoms. The summed E-state index contributed by atoms with van der Waals surface area (Å²) in [5.74, 6) is 0.890. The van der Waals surface area contributed by atoms with Crippen LogP contribution in [0.25, 0.3) is 0 Å². The van der Waals surface area contributed by atoms with E-state index in [1.165, 1.54) is 20.4 Å². The van der Waals surface area contributed by atoms with Gasteiger partial charge in [-0.25, -0.2) is 5.43 Å². The highest BCUT2D eigenvalue weighted by Crippen LogP contribution is 2.35. The topological polar surface area (TPSA) is 69.2 Å². The minimum absolute atomic E-state index is 0.215. The number of carbonyl (C=O) groups excluding carboxylic acids is 1. The summed E-state index contributed by atoms with van der Waals surface area (Å²) in [6, 6.07) is 10.2. The van der Waals surface area contributed by atoms with E-state index in [4.69, 9.17) is 37.4 Å². The molecule has 2 aromatic rings. The van der Waals surface area contributed by atoms with Crippen LogP contribution in [0.5, 0.6) is 17.2 Å². The molecule has 0 radical (unpaired) electrons. The molecule has 1 amide bonds. The van der Waals surface area contributed by atoms with E-state index in [9.17, 15) is 4.79 Å². The quantitative estimate of drug-likeness (QED) is 0.587. The van der Waals surface area contributed by atoms with E-state index in [-0.39, 0.29) is 6.61 Å². The van der Waals surface area contributed by atoms with Crippen molar-refractivity contribution in [3.8, 4) is 17.2 Å². The van der Waals surface area contributed by atoms with Crippen molar-refractivity contribution in [2.45, 2.75) is 0 Å². The van der Waals surface area contributed by atoms with Crippen LogP contribution in [0, 0.1) is 0 Å². The van der Waals surface area contributed by atoms with Crippen LogP contribution >= 0.6 is 23.2 Å². The third-order valence-corrected chi connectivity index (χ3v) is 3.65. The maximum Gasteiger partial charge on any atom is 0.277 e. The number of hydrazone groups is 1. The Hall–Kier alpha value is -2.44. The van der Waals surface area contributed by atoms with Gasteiger partial charge in [0.05, 0.1) is 30.5 Å². The average Bonchev–Trinajstić information content (AvgIpc) is 2.60. The summed E-state index contributed by atoms with van der Waals surface area (Å²) in [7, 11) is 3.00. The van der Waals surface area contributed by atoms with Crippen molar-refractivity contribution in [3.05, 3.63) is 52.0 Å². The van der Waals surface area contributed by atoms with E-state index >= 15 is 0 Å². The number of nitrogens with one attached hydrogen (secondary N) is 1. The highest BCUT2D eigenvalue weighted by atomic mass is 35.5. The lowest BCUT2D eigenvalue weighted by Gasteiger charge is -2.10. The van der Waals surface area contributed by atoms with E-state index in [0.29, 0.717) is 32.9 Å². The molecule has 0 aliphatic carbocycles. The van der Waals surface area contributed by atoms with Crippen LogP contribution in [0.1, 0.15) is 5.56 Å². The number of methoxy groups -OCH3 is 2. The largest absolute Gasteiger partial charge is 0.493 e. The lowest BCUT2D eigenvalue weighted by Crippen LogP contribution is -2.24. The number of hydrogen-bond donors (Lipinski definition) is 1. The molecule has 0 aliphatic heterocycles. The number of para-hydroxylation sites is 1. The summed E-state index contributed by atoms with van der Waals surface area (Å²) < 4.78 is 15.7. The Kier molecular flexibility index (Phi) is 6.91. The van der Waals surface area contributed by atoms with Crippen molar-refractivity contribution in [2.75, 3.05) is 20.8 Å². The maximum atomic E-state index is 11.7. The first kappa shape index (κ1) is 18.9. The molecule has 0 fully saturated rings. The lowest BCUT2D eigenvalue weighted by molar-refractivity contribution is -0.123. The first-order chi connectivity index (χ1) is 12.0. The second-order valence-electron chi connectivity index (χ2n) is 4.75. The van der Waals surface area contributed by atoms with Crippen molar-refractivity contribution in [1.82, 2.24) is 5.43 Å². The second-order valence-corrected chi connectivity index (χ2v) is 5.56. The smallest absolute Gasteiger partial charge is 0.277 e. The normalized spacial score (nSPS) is 10.6. The van der Waals surface area contributed by atoms with Crippen molar-refractivity contribution >= 4 is 35.3 Å². The van der Waals surface area contributed by atoms with E-state index < -0.39 is 5.91 Å². The molecule has 25 heavy (non-hydrogen) atoms. The second kappa shape index (κ2) is 9.15. The van der Waals surface area contributed by atoms with Crippen LogP contribution in [0.15, 0.2) is 41.5 Å². The molecule has 0 heterocycles. The molecule has 1 N–H and O–H groups in total. The molecular formula is C17H16Cl2N2O4. The van der Waals surface area contributed by atoms with Crippen LogP contribution in [-0.4, -0.2) is 32.9 Å². The van der Waals surface area contributed by atoms with Crippen molar-refractivity contribution in [2.24, 2.45) is 5.10 Å². The van der Waals surface area contributed by atoms with Gasteiger partial charge in [0.1, 0.15) is 5.75 Å². The number of nitrogens with zero attached hydrogens (tertiary/aromatic N) is 1. The summed E-state index contributed by atoms with van der Waals surface area (Å²) in [6.07, 6.45) is 1.43. The molecular weight excluding hydrogens is 367 g/mol. The zero-order chi connectivity index (χ0) is 18.2. The lowest BCUT2D eigenvalue weighted by atomic mass is 10.2. The summed E-state index contributed by atoms with van der Waals surface area (Å²) in [4.78, 5) is 11.7. The number of ether oxygens (including phenoxy) is 3. The zero-order valence-electron chi connectivity index (χ0n) is 13.6. The van der Waals surface area contributed by atoms with Gasteiger partial charge in [-0.2, -0.15) is 5.10 Å². The molecule has 6 nitrogen and oxygen atoms in total. The van der Waals surface area contributed by atoms with Gasteiger partial charge in [0.15, 0.2) is 18.1 Å². The maximum absolute atomic E-state index is 11.7. The standard InChI is InChI=1S/C17H16Cl2N2O4/c1-23-15-8-11(7-13(19)17(15)24-2)9-20-21-16(22)10-25-14-6-4-3-5-12(14)18/h3-9H,10H2,1-2H3,(H,21,22)/b20-9-. The predicted octanol–water partition coefficient (Wildman–Crippen LogP) is 3.54. The highest BCUT2D eigenvalue weighted by molar-refractivity contribution is 6.32. The van der Waals surface area contributed by atoms with Gasteiger partial charge in [-0.1, -0.05) is 35.3 Å². The van der Waals surface area contributed by atoms with Gasteiger partial charge in [-0.05, 0) is 29.8 Å². The Balaban J connectivity index is 1.93. The molecule has 2 aromatic carbocycles. The molecule has 132 valence electrons. The van der Waals surface area contributed by atoms with Gasteiger partial charge >= 0.3 is 0 Å². The van der Waals surface area contributed by atoms with Crippen molar-refractivity contribution in [3.63, 3.8) is 0 Å². The fourth-order valence-electron chi connectivity index (χ4n) is 1.93. The number of benzene rings is 2. The number of hydrogen-bond acceptors (Lipinski definition) is 5. The first-order valence-electron chi connectivity index (χ1n) is 7.16. The molecule has 0 bridgehead atoms. The number of rotatable bonds is 7. The Morgan fingerprint density at radius 2 is 1.88 bits per heavy atom. The fourth-order valence-corrected chi connectivity index (χ4v) is 2.42. The Labute approximate surface area is 155 Å². The number of amides is 1. The highest BCUT2D eigenvalue weighted by Gasteiger charge is 2.10. The third kappa shape index (κ3) is 5.27. The minimum atomic E-state index is -0.428. The first-order valence-corrected chi connectivity index (χ1v) is 7.91. The Bertz CT molecular complexity index is 781. The van der Waals surface area contributed by atoms with Gasteiger partial charge < -0.3 is 14.2 Å². The molecule has 0 saturated heterocycles. The van der Waals surface area contributed by atoms with Crippen molar-refractivity contribution < 1.29 is 19.0 Å². The molecule has 0 aromatic heterocycles. The van der Waals surface area contributed by atoms with Crippen LogP contribution in [0.4, 0.5) is 0 Å². The van der Waals surface area contributed by atoms with Crippen LogP contribution in [0.3, 0.4) is 0 Å². The summed E-state index contributed by atoms with van der Waals surface area (Å²) >= 11 is 12.0. The van der Waals surface area contributed by atoms with Crippen LogP contribution in [0.2, 0.25) is 10.0 Å². The monoisotopic (exact) mass is 382 g/mol. The van der Waals surface area contributed by atoms with E-state index in [1.807, 2.05) is 0 Å².